The summed E-state index contributed by atoms with van der Waals surface area (Å²) in [5.41, 5.74) is 0. The first kappa shape index (κ1) is 13.5. The standard InChI is InChI=1S/C14H21N3O3/c1-2-12-15-13(20-16-12)10-5-3-7-17(9-10)14(18)11-6-4-8-19-11/h10-11H,2-9H2,1H3/t10-,11-/m1/s1. The quantitative estimate of drug-likeness (QED) is 0.839. The Balaban J connectivity index is 1.65. The van der Waals surface area contributed by atoms with Crippen LogP contribution in [0.3, 0.4) is 0 Å². The van der Waals surface area contributed by atoms with Crippen molar-refractivity contribution in [3.63, 3.8) is 0 Å². The number of hydrogen-bond acceptors (Lipinski definition) is 5. The number of rotatable bonds is 3. The number of ether oxygens (including phenoxy) is 1. The molecule has 3 rings (SSSR count). The van der Waals surface area contributed by atoms with E-state index in [0.29, 0.717) is 19.0 Å². The van der Waals surface area contributed by atoms with Crippen molar-refractivity contribution in [3.8, 4) is 0 Å². The summed E-state index contributed by atoms with van der Waals surface area (Å²) >= 11 is 0. The highest BCUT2D eigenvalue weighted by Crippen LogP contribution is 2.27. The molecule has 0 aliphatic carbocycles. The molecule has 0 spiro atoms. The fraction of sp³-hybridized carbons (Fsp3) is 0.786. The smallest absolute Gasteiger partial charge is 0.251 e. The average Bonchev–Trinajstić information content (AvgIpc) is 3.17. The van der Waals surface area contributed by atoms with Crippen LogP contribution in [0.2, 0.25) is 0 Å². The molecular weight excluding hydrogens is 258 g/mol. The topological polar surface area (TPSA) is 68.5 Å². The van der Waals surface area contributed by atoms with Crippen LogP contribution in [0.15, 0.2) is 4.52 Å². The summed E-state index contributed by atoms with van der Waals surface area (Å²) in [5.74, 6) is 1.71. The van der Waals surface area contributed by atoms with Crippen LogP contribution in [-0.4, -0.2) is 46.7 Å². The van der Waals surface area contributed by atoms with Crippen molar-refractivity contribution in [1.82, 2.24) is 15.0 Å². The number of nitrogens with zero attached hydrogens (tertiary/aromatic N) is 3. The Kier molecular flexibility index (Phi) is 4.00. The van der Waals surface area contributed by atoms with E-state index in [1.165, 1.54) is 0 Å². The molecule has 0 aromatic carbocycles. The average molecular weight is 279 g/mol. The zero-order valence-electron chi connectivity index (χ0n) is 11.9. The monoisotopic (exact) mass is 279 g/mol. The van der Waals surface area contributed by atoms with Gasteiger partial charge in [-0.2, -0.15) is 4.98 Å². The lowest BCUT2D eigenvalue weighted by Gasteiger charge is -2.32. The van der Waals surface area contributed by atoms with Crippen molar-refractivity contribution < 1.29 is 14.1 Å². The van der Waals surface area contributed by atoms with Gasteiger partial charge in [0, 0.05) is 26.1 Å². The van der Waals surface area contributed by atoms with Crippen molar-refractivity contribution in [2.75, 3.05) is 19.7 Å². The summed E-state index contributed by atoms with van der Waals surface area (Å²) in [6.07, 6.45) is 4.35. The van der Waals surface area contributed by atoms with Gasteiger partial charge >= 0.3 is 0 Å². The Bertz CT molecular complexity index is 468. The first-order chi connectivity index (χ1) is 9.78. The lowest BCUT2D eigenvalue weighted by atomic mass is 9.97. The number of amides is 1. The van der Waals surface area contributed by atoms with Crippen molar-refractivity contribution in [2.24, 2.45) is 0 Å². The summed E-state index contributed by atoms with van der Waals surface area (Å²) in [7, 11) is 0. The molecule has 20 heavy (non-hydrogen) atoms. The van der Waals surface area contributed by atoms with Crippen LogP contribution in [0.5, 0.6) is 0 Å². The van der Waals surface area contributed by atoms with Gasteiger partial charge in [0.05, 0.1) is 5.92 Å². The molecule has 2 saturated heterocycles. The Labute approximate surface area is 118 Å². The summed E-state index contributed by atoms with van der Waals surface area (Å²) in [5, 5.41) is 3.94. The van der Waals surface area contributed by atoms with E-state index in [2.05, 4.69) is 10.1 Å². The Hall–Kier alpha value is -1.43. The van der Waals surface area contributed by atoms with Crippen LogP contribution in [0.25, 0.3) is 0 Å². The Morgan fingerprint density at radius 1 is 1.40 bits per heavy atom. The molecule has 1 aromatic rings. The Morgan fingerprint density at radius 3 is 3.00 bits per heavy atom. The van der Waals surface area contributed by atoms with E-state index in [4.69, 9.17) is 9.26 Å². The summed E-state index contributed by atoms with van der Waals surface area (Å²) < 4.78 is 10.8. The van der Waals surface area contributed by atoms with Gasteiger partial charge in [0.2, 0.25) is 5.89 Å². The van der Waals surface area contributed by atoms with Gasteiger partial charge in [-0.1, -0.05) is 12.1 Å². The van der Waals surface area contributed by atoms with Crippen molar-refractivity contribution in [2.45, 2.75) is 51.0 Å². The predicted octanol–water partition coefficient (Wildman–Crippen LogP) is 1.52. The normalized spacial score (nSPS) is 26.9. The molecule has 6 heteroatoms. The van der Waals surface area contributed by atoms with Crippen LogP contribution in [0.1, 0.15) is 50.2 Å². The molecule has 0 saturated carbocycles. The van der Waals surface area contributed by atoms with Crippen molar-refractivity contribution in [3.05, 3.63) is 11.7 Å². The molecular formula is C14H21N3O3. The van der Waals surface area contributed by atoms with E-state index in [1.807, 2.05) is 11.8 Å². The van der Waals surface area contributed by atoms with E-state index < -0.39 is 0 Å². The van der Waals surface area contributed by atoms with Gasteiger partial charge in [0.15, 0.2) is 5.82 Å². The fourth-order valence-electron chi connectivity index (χ4n) is 2.93. The summed E-state index contributed by atoms with van der Waals surface area (Å²) in [4.78, 5) is 18.7. The predicted molar refractivity (Wildman–Crippen MR) is 71.2 cm³/mol. The molecule has 1 aromatic heterocycles. The maximum Gasteiger partial charge on any atom is 0.251 e. The molecule has 0 unspecified atom stereocenters. The zero-order chi connectivity index (χ0) is 13.9. The number of likely N-dealkylation sites (tertiary alicyclic amines) is 1. The first-order valence-electron chi connectivity index (χ1n) is 7.50. The van der Waals surface area contributed by atoms with Gasteiger partial charge in [0.25, 0.3) is 5.91 Å². The van der Waals surface area contributed by atoms with Gasteiger partial charge < -0.3 is 14.2 Å². The fourth-order valence-corrected chi connectivity index (χ4v) is 2.93. The van der Waals surface area contributed by atoms with Crippen LogP contribution in [0, 0.1) is 0 Å². The van der Waals surface area contributed by atoms with Gasteiger partial charge in [-0.3, -0.25) is 4.79 Å². The van der Waals surface area contributed by atoms with Crippen LogP contribution < -0.4 is 0 Å². The van der Waals surface area contributed by atoms with Crippen LogP contribution in [0.4, 0.5) is 0 Å². The molecule has 1 amide bonds. The highest BCUT2D eigenvalue weighted by atomic mass is 16.5. The molecule has 6 nitrogen and oxygen atoms in total. The second-order valence-corrected chi connectivity index (χ2v) is 5.53. The third kappa shape index (κ3) is 2.70. The molecule has 2 aliphatic heterocycles. The number of piperidine rings is 1. The SMILES string of the molecule is CCc1noc([C@@H]2CCCN(C(=O)[C@H]3CCCO3)C2)n1. The lowest BCUT2D eigenvalue weighted by Crippen LogP contribution is -2.44. The van der Waals surface area contributed by atoms with Crippen LogP contribution in [-0.2, 0) is 16.0 Å². The minimum absolute atomic E-state index is 0.127. The van der Waals surface area contributed by atoms with E-state index in [0.717, 1.165) is 44.5 Å². The third-order valence-electron chi connectivity index (χ3n) is 4.09. The second-order valence-electron chi connectivity index (χ2n) is 5.53. The number of carbonyl (C=O) groups excluding carboxylic acids is 1. The molecule has 0 bridgehead atoms. The van der Waals surface area contributed by atoms with E-state index in [1.54, 1.807) is 0 Å². The van der Waals surface area contributed by atoms with E-state index >= 15 is 0 Å². The zero-order valence-corrected chi connectivity index (χ0v) is 11.9. The minimum atomic E-state index is -0.234. The molecule has 2 aliphatic rings. The van der Waals surface area contributed by atoms with Crippen molar-refractivity contribution in [1.29, 1.82) is 0 Å². The largest absolute Gasteiger partial charge is 0.368 e. The number of carbonyl (C=O) groups is 1. The Morgan fingerprint density at radius 2 is 2.30 bits per heavy atom. The number of aryl methyl sites for hydroxylation is 1. The van der Waals surface area contributed by atoms with Gasteiger partial charge in [0.1, 0.15) is 6.10 Å². The molecule has 2 atom stereocenters. The maximum atomic E-state index is 12.4. The molecule has 110 valence electrons. The number of hydrogen-bond donors (Lipinski definition) is 0. The summed E-state index contributed by atoms with van der Waals surface area (Å²) in [6.45, 7) is 4.19. The maximum absolute atomic E-state index is 12.4. The second kappa shape index (κ2) is 5.91. The van der Waals surface area contributed by atoms with E-state index in [9.17, 15) is 4.79 Å². The molecule has 0 N–H and O–H groups in total. The molecule has 2 fully saturated rings. The number of aromatic nitrogens is 2. The van der Waals surface area contributed by atoms with Gasteiger partial charge in [-0.25, -0.2) is 0 Å². The lowest BCUT2D eigenvalue weighted by molar-refractivity contribution is -0.142. The molecule has 3 heterocycles. The highest BCUT2D eigenvalue weighted by Gasteiger charge is 2.33. The van der Waals surface area contributed by atoms with Crippen LogP contribution >= 0.6 is 0 Å². The van der Waals surface area contributed by atoms with Gasteiger partial charge in [-0.15, -0.1) is 0 Å². The third-order valence-corrected chi connectivity index (χ3v) is 4.09. The summed E-state index contributed by atoms with van der Waals surface area (Å²) in [6, 6.07) is 0. The highest BCUT2D eigenvalue weighted by molar-refractivity contribution is 5.81. The van der Waals surface area contributed by atoms with Crippen molar-refractivity contribution >= 4 is 5.91 Å². The molecule has 0 radical (unpaired) electrons. The minimum Gasteiger partial charge on any atom is -0.368 e. The van der Waals surface area contributed by atoms with Gasteiger partial charge in [-0.05, 0) is 25.7 Å². The van der Waals surface area contributed by atoms with E-state index in [-0.39, 0.29) is 17.9 Å². The first-order valence-corrected chi connectivity index (χ1v) is 7.50.